The molecular weight excluding hydrogens is 264 g/mol. The van der Waals surface area contributed by atoms with Crippen molar-refractivity contribution in [1.29, 1.82) is 0 Å². The molecule has 19 heavy (non-hydrogen) atoms. The molecule has 0 aromatic carbocycles. The van der Waals surface area contributed by atoms with Crippen molar-refractivity contribution in [3.8, 4) is 0 Å². The van der Waals surface area contributed by atoms with Gasteiger partial charge in [-0.1, -0.05) is 0 Å². The van der Waals surface area contributed by atoms with Crippen LogP contribution < -0.4 is 0 Å². The minimum absolute atomic E-state index is 0.815. The fraction of sp³-hybridized carbons (Fsp3) is 0.556. The third-order valence-corrected chi connectivity index (χ3v) is 14.2. The van der Waals surface area contributed by atoms with Crippen molar-refractivity contribution < 1.29 is 16.6 Å². The van der Waals surface area contributed by atoms with Crippen molar-refractivity contribution in [3.63, 3.8) is 0 Å². The summed E-state index contributed by atoms with van der Waals surface area (Å²) in [5.41, 5.74) is 0. The standard InChI is InChI=1S/2C5H5.2C4H9.Ti/c2*1-2-4-5-3-1;2*1-3-4-2;/h2*1-5H;2*1,3-4H2,2H3;. The van der Waals surface area contributed by atoms with E-state index in [1.54, 1.807) is 0 Å². The van der Waals surface area contributed by atoms with Gasteiger partial charge in [0, 0.05) is 0 Å². The predicted octanol–water partition coefficient (Wildman–Crippen LogP) is 6.41. The fourth-order valence-corrected chi connectivity index (χ4v) is 13.1. The Morgan fingerprint density at radius 3 is 1.37 bits per heavy atom. The van der Waals surface area contributed by atoms with Gasteiger partial charge in [0.05, 0.1) is 0 Å². The topological polar surface area (TPSA) is 0 Å². The van der Waals surface area contributed by atoms with E-state index in [0.717, 1.165) is 8.45 Å². The molecule has 0 saturated carbocycles. The summed E-state index contributed by atoms with van der Waals surface area (Å²) in [4.78, 5) is 0. The average molecular weight is 292 g/mol. The number of hydrogen-bond donors (Lipinski definition) is 0. The van der Waals surface area contributed by atoms with Gasteiger partial charge < -0.3 is 0 Å². The molecule has 0 spiro atoms. The van der Waals surface area contributed by atoms with Gasteiger partial charge in [0.2, 0.25) is 0 Å². The van der Waals surface area contributed by atoms with E-state index in [1.807, 2.05) is 0 Å². The summed E-state index contributed by atoms with van der Waals surface area (Å²) in [5.74, 6) is 0. The summed E-state index contributed by atoms with van der Waals surface area (Å²) in [6.07, 6.45) is 24.7. The van der Waals surface area contributed by atoms with Crippen LogP contribution in [0.15, 0.2) is 48.6 Å². The van der Waals surface area contributed by atoms with Gasteiger partial charge >= 0.3 is 123 Å². The monoisotopic (exact) mass is 292 g/mol. The van der Waals surface area contributed by atoms with Gasteiger partial charge in [0.25, 0.3) is 0 Å². The van der Waals surface area contributed by atoms with Crippen molar-refractivity contribution in [2.45, 2.75) is 57.4 Å². The van der Waals surface area contributed by atoms with Crippen LogP contribution in [0.5, 0.6) is 0 Å². The molecule has 2 rings (SSSR count). The van der Waals surface area contributed by atoms with Crippen molar-refractivity contribution in [2.75, 3.05) is 0 Å². The van der Waals surface area contributed by atoms with Crippen molar-refractivity contribution >= 4 is 0 Å². The number of rotatable bonds is 8. The van der Waals surface area contributed by atoms with Crippen LogP contribution in [0.2, 0.25) is 17.9 Å². The molecule has 0 radical (unpaired) electrons. The molecule has 0 bridgehead atoms. The molecule has 0 atom stereocenters. The minimum atomic E-state index is -1.93. The summed E-state index contributed by atoms with van der Waals surface area (Å²) >= 11 is -1.93. The predicted molar refractivity (Wildman–Crippen MR) is 83.5 cm³/mol. The Bertz CT molecular complexity index is 324. The van der Waals surface area contributed by atoms with Crippen LogP contribution >= 0.6 is 0 Å². The molecule has 0 saturated heterocycles. The Hall–Kier alpha value is -0.326. The van der Waals surface area contributed by atoms with Crippen LogP contribution in [0.4, 0.5) is 0 Å². The van der Waals surface area contributed by atoms with Crippen molar-refractivity contribution in [1.82, 2.24) is 0 Å². The number of hydrogen-bond acceptors (Lipinski definition) is 0. The summed E-state index contributed by atoms with van der Waals surface area (Å²) in [7, 11) is 0. The van der Waals surface area contributed by atoms with E-state index in [2.05, 4.69) is 62.5 Å². The summed E-state index contributed by atoms with van der Waals surface area (Å²) in [6.45, 7) is 4.68. The Morgan fingerprint density at radius 2 is 1.05 bits per heavy atom. The molecule has 0 aromatic rings. The first-order valence-corrected chi connectivity index (χ1v) is 12.0. The molecule has 0 aliphatic heterocycles. The normalized spacial score (nSPS) is 19.1. The first-order chi connectivity index (χ1) is 9.33. The van der Waals surface area contributed by atoms with Crippen LogP contribution in [0, 0.1) is 0 Å². The number of allylic oxidation sites excluding steroid dienone is 8. The third-order valence-electron chi connectivity index (χ3n) is 4.82. The SMILES string of the molecule is CCC[CH2][Ti]([CH2]CCC)([CH]1C=CC=C1)[CH]1C=CC=C1. The van der Waals surface area contributed by atoms with Crippen molar-refractivity contribution in [3.05, 3.63) is 48.6 Å². The van der Waals surface area contributed by atoms with Crippen LogP contribution in [-0.2, 0) is 16.6 Å². The number of unbranched alkanes of at least 4 members (excludes halogenated alkanes) is 2. The van der Waals surface area contributed by atoms with E-state index < -0.39 is 16.6 Å². The van der Waals surface area contributed by atoms with E-state index in [0.29, 0.717) is 0 Å². The summed E-state index contributed by atoms with van der Waals surface area (Å²) < 4.78 is 4.70. The first kappa shape index (κ1) is 15.1. The summed E-state index contributed by atoms with van der Waals surface area (Å²) in [6, 6.07) is 0. The van der Waals surface area contributed by atoms with Crippen LogP contribution in [0.25, 0.3) is 0 Å². The van der Waals surface area contributed by atoms with Crippen LogP contribution in [0.3, 0.4) is 0 Å². The Labute approximate surface area is 122 Å². The molecule has 0 unspecified atom stereocenters. The van der Waals surface area contributed by atoms with E-state index in [-0.39, 0.29) is 0 Å². The zero-order valence-electron chi connectivity index (χ0n) is 12.5. The maximum absolute atomic E-state index is 2.51. The van der Waals surface area contributed by atoms with Gasteiger partial charge in [-0.2, -0.15) is 0 Å². The molecule has 0 nitrogen and oxygen atoms in total. The molecule has 104 valence electrons. The molecule has 0 fully saturated rings. The molecule has 1 heteroatoms. The quantitative estimate of drug-likeness (QED) is 0.454. The summed E-state index contributed by atoms with van der Waals surface area (Å²) in [5, 5.41) is 0. The maximum atomic E-state index is 2.51. The van der Waals surface area contributed by atoms with Crippen LogP contribution in [0.1, 0.15) is 39.5 Å². The van der Waals surface area contributed by atoms with Gasteiger partial charge in [0.15, 0.2) is 0 Å². The molecule has 0 amide bonds. The van der Waals surface area contributed by atoms with E-state index >= 15 is 0 Å². The molecule has 0 N–H and O–H groups in total. The Morgan fingerprint density at radius 1 is 0.684 bits per heavy atom. The second kappa shape index (κ2) is 7.45. The Kier molecular flexibility index (Phi) is 5.91. The van der Waals surface area contributed by atoms with Crippen molar-refractivity contribution in [2.24, 2.45) is 0 Å². The van der Waals surface area contributed by atoms with E-state index in [9.17, 15) is 0 Å². The molecule has 2 aliphatic carbocycles. The zero-order valence-corrected chi connectivity index (χ0v) is 14.1. The third kappa shape index (κ3) is 3.41. The van der Waals surface area contributed by atoms with Crippen LogP contribution in [-0.4, -0.2) is 0 Å². The zero-order chi connectivity index (χ0) is 13.6. The first-order valence-electron chi connectivity index (χ1n) is 8.03. The van der Waals surface area contributed by atoms with E-state index in [1.165, 1.54) is 35.1 Å². The molecule has 0 aromatic heterocycles. The second-order valence-electron chi connectivity index (χ2n) is 6.03. The van der Waals surface area contributed by atoms with Gasteiger partial charge in [-0.15, -0.1) is 0 Å². The van der Waals surface area contributed by atoms with Gasteiger partial charge in [-0.05, 0) is 0 Å². The second-order valence-corrected chi connectivity index (χ2v) is 13.5. The molecule has 2 aliphatic rings. The average Bonchev–Trinajstić information content (AvgIpc) is 3.12. The van der Waals surface area contributed by atoms with E-state index in [4.69, 9.17) is 0 Å². The van der Waals surface area contributed by atoms with Gasteiger partial charge in [-0.3, -0.25) is 0 Å². The molecule has 0 heterocycles. The van der Waals surface area contributed by atoms with Gasteiger partial charge in [0.1, 0.15) is 0 Å². The van der Waals surface area contributed by atoms with Gasteiger partial charge in [-0.25, -0.2) is 0 Å². The molecular formula is C18H28Ti. The Balaban J connectivity index is 2.25. The fourth-order valence-electron chi connectivity index (χ4n) is 3.66.